The zero-order valence-corrected chi connectivity index (χ0v) is 18.6. The van der Waals surface area contributed by atoms with Crippen molar-refractivity contribution < 1.29 is 28.5 Å². The molecule has 0 spiro atoms. The molecule has 32 heavy (non-hydrogen) atoms. The zero-order chi connectivity index (χ0) is 22.7. The van der Waals surface area contributed by atoms with E-state index < -0.39 is 5.92 Å². The minimum absolute atomic E-state index is 0.114. The molecular weight excluding hydrogens is 412 g/mol. The molecular formula is C24H28N2O6. The van der Waals surface area contributed by atoms with Crippen molar-refractivity contribution in [1.82, 2.24) is 5.32 Å². The molecule has 0 bridgehead atoms. The van der Waals surface area contributed by atoms with Crippen LogP contribution in [0.5, 0.6) is 23.0 Å². The second kappa shape index (κ2) is 9.38. The Morgan fingerprint density at radius 3 is 2.62 bits per heavy atom. The van der Waals surface area contributed by atoms with E-state index in [1.165, 1.54) is 0 Å². The first-order valence-corrected chi connectivity index (χ1v) is 10.7. The van der Waals surface area contributed by atoms with Crippen molar-refractivity contribution in [3.05, 3.63) is 42.0 Å². The van der Waals surface area contributed by atoms with Gasteiger partial charge in [-0.2, -0.15) is 0 Å². The highest BCUT2D eigenvalue weighted by Crippen LogP contribution is 2.36. The summed E-state index contributed by atoms with van der Waals surface area (Å²) in [7, 11) is 3.11. The van der Waals surface area contributed by atoms with Crippen molar-refractivity contribution in [3.8, 4) is 23.0 Å². The number of ether oxygens (including phenoxy) is 4. The van der Waals surface area contributed by atoms with E-state index in [1.807, 2.05) is 25.1 Å². The first-order chi connectivity index (χ1) is 15.5. The van der Waals surface area contributed by atoms with Gasteiger partial charge < -0.3 is 29.2 Å². The van der Waals surface area contributed by atoms with Gasteiger partial charge in [-0.15, -0.1) is 0 Å². The van der Waals surface area contributed by atoms with Gasteiger partial charge in [0.05, 0.1) is 45.1 Å². The van der Waals surface area contributed by atoms with Crippen molar-refractivity contribution in [2.24, 2.45) is 5.92 Å². The van der Waals surface area contributed by atoms with Crippen LogP contribution in [0.15, 0.2) is 36.4 Å². The summed E-state index contributed by atoms with van der Waals surface area (Å²) < 4.78 is 22.1. The number of fused-ring (bicyclic) bond motifs is 1. The Bertz CT molecular complexity index is 1010. The Morgan fingerprint density at radius 1 is 1.09 bits per heavy atom. The third-order valence-electron chi connectivity index (χ3n) is 5.80. The van der Waals surface area contributed by atoms with E-state index in [0.29, 0.717) is 42.7 Å². The number of benzene rings is 2. The van der Waals surface area contributed by atoms with Gasteiger partial charge in [0.15, 0.2) is 11.5 Å². The summed E-state index contributed by atoms with van der Waals surface area (Å²) in [5.41, 5.74) is 1.55. The number of anilines is 1. The lowest BCUT2D eigenvalue weighted by Gasteiger charge is -2.21. The summed E-state index contributed by atoms with van der Waals surface area (Å²) >= 11 is 0. The third-order valence-corrected chi connectivity index (χ3v) is 5.80. The molecule has 170 valence electrons. The van der Waals surface area contributed by atoms with Crippen LogP contribution in [0, 0.1) is 5.92 Å². The van der Waals surface area contributed by atoms with Gasteiger partial charge >= 0.3 is 0 Å². The van der Waals surface area contributed by atoms with Crippen LogP contribution < -0.4 is 29.2 Å². The lowest BCUT2D eigenvalue weighted by atomic mass is 10.0. The summed E-state index contributed by atoms with van der Waals surface area (Å²) in [5, 5.41) is 3.03. The van der Waals surface area contributed by atoms with Crippen LogP contribution >= 0.6 is 0 Å². The Hall–Kier alpha value is -3.42. The predicted molar refractivity (Wildman–Crippen MR) is 119 cm³/mol. The molecule has 2 aliphatic heterocycles. The van der Waals surface area contributed by atoms with Gasteiger partial charge in [-0.3, -0.25) is 9.59 Å². The van der Waals surface area contributed by atoms with Gasteiger partial charge in [-0.1, -0.05) is 6.07 Å². The van der Waals surface area contributed by atoms with Crippen molar-refractivity contribution in [3.63, 3.8) is 0 Å². The lowest BCUT2D eigenvalue weighted by molar-refractivity contribution is -0.126. The fourth-order valence-corrected chi connectivity index (χ4v) is 3.99. The van der Waals surface area contributed by atoms with Crippen molar-refractivity contribution in [1.29, 1.82) is 0 Å². The topological polar surface area (TPSA) is 86.3 Å². The number of nitrogens with one attached hydrogen (secondary N) is 1. The SMILES string of the molecule is COc1ccc(N2CC(C(=O)NC(C)c3ccc4c(c3)OCCCO4)CC2=O)c(OC)c1. The van der Waals surface area contributed by atoms with Gasteiger partial charge in [0, 0.05) is 25.5 Å². The third kappa shape index (κ3) is 4.44. The number of methoxy groups -OCH3 is 2. The van der Waals surface area contributed by atoms with Crippen LogP contribution in [0.1, 0.15) is 31.4 Å². The Morgan fingerprint density at radius 2 is 1.88 bits per heavy atom. The fourth-order valence-electron chi connectivity index (χ4n) is 3.99. The summed E-state index contributed by atoms with van der Waals surface area (Å²) in [6.45, 7) is 3.44. The van der Waals surface area contributed by atoms with Crippen LogP contribution in [0.25, 0.3) is 0 Å². The van der Waals surface area contributed by atoms with Crippen LogP contribution in [-0.4, -0.2) is 45.8 Å². The van der Waals surface area contributed by atoms with Crippen molar-refractivity contribution >= 4 is 17.5 Å². The average molecular weight is 440 g/mol. The van der Waals surface area contributed by atoms with Gasteiger partial charge in [0.1, 0.15) is 11.5 Å². The second-order valence-corrected chi connectivity index (χ2v) is 7.93. The number of amides is 2. The van der Waals surface area contributed by atoms with E-state index >= 15 is 0 Å². The van der Waals surface area contributed by atoms with Gasteiger partial charge in [0.2, 0.25) is 11.8 Å². The highest BCUT2D eigenvalue weighted by Gasteiger charge is 2.36. The van der Waals surface area contributed by atoms with E-state index in [9.17, 15) is 9.59 Å². The molecule has 1 fully saturated rings. The average Bonchev–Trinajstić information content (AvgIpc) is 3.04. The number of nitrogens with zero attached hydrogens (tertiary/aromatic N) is 1. The maximum Gasteiger partial charge on any atom is 0.227 e. The van der Waals surface area contributed by atoms with Crippen LogP contribution in [0.2, 0.25) is 0 Å². The molecule has 2 aromatic carbocycles. The Labute approximate surface area is 187 Å². The molecule has 0 aromatic heterocycles. The minimum atomic E-state index is -0.447. The molecule has 1 saturated heterocycles. The zero-order valence-electron chi connectivity index (χ0n) is 18.6. The molecule has 2 amide bonds. The van der Waals surface area contributed by atoms with E-state index in [2.05, 4.69) is 5.32 Å². The van der Waals surface area contributed by atoms with Crippen LogP contribution in [-0.2, 0) is 9.59 Å². The molecule has 2 atom stereocenters. The normalized spacial score (nSPS) is 18.7. The molecule has 2 aliphatic rings. The molecule has 2 unspecified atom stereocenters. The molecule has 0 aliphatic carbocycles. The standard InChI is InChI=1S/C24H28N2O6/c1-15(16-5-8-20-22(11-16)32-10-4-9-31-20)25-24(28)17-12-23(27)26(14-17)19-7-6-18(29-2)13-21(19)30-3/h5-8,11,13,15,17H,4,9-10,12,14H2,1-3H3,(H,25,28). The molecule has 2 heterocycles. The number of carbonyl (C=O) groups is 2. The summed E-state index contributed by atoms with van der Waals surface area (Å²) in [6.07, 6.45) is 0.983. The first-order valence-electron chi connectivity index (χ1n) is 10.7. The molecule has 8 nitrogen and oxygen atoms in total. The molecule has 2 aromatic rings. The molecule has 4 rings (SSSR count). The largest absolute Gasteiger partial charge is 0.497 e. The summed E-state index contributed by atoms with van der Waals surface area (Å²) in [5.74, 6) is 1.85. The first kappa shape index (κ1) is 21.8. The highest BCUT2D eigenvalue weighted by molar-refractivity contribution is 6.01. The van der Waals surface area contributed by atoms with Crippen molar-refractivity contribution in [2.75, 3.05) is 38.9 Å². The van der Waals surface area contributed by atoms with Gasteiger partial charge in [-0.05, 0) is 36.8 Å². The maximum atomic E-state index is 13.0. The Kier molecular flexibility index (Phi) is 6.39. The monoisotopic (exact) mass is 440 g/mol. The summed E-state index contributed by atoms with van der Waals surface area (Å²) in [6, 6.07) is 10.7. The lowest BCUT2D eigenvalue weighted by Crippen LogP contribution is -2.34. The van der Waals surface area contributed by atoms with Gasteiger partial charge in [0.25, 0.3) is 0 Å². The van der Waals surface area contributed by atoms with E-state index in [1.54, 1.807) is 37.3 Å². The molecule has 1 N–H and O–H groups in total. The predicted octanol–water partition coefficient (Wildman–Crippen LogP) is 3.10. The molecule has 0 radical (unpaired) electrons. The fraction of sp³-hybridized carbons (Fsp3) is 0.417. The highest BCUT2D eigenvalue weighted by atomic mass is 16.5. The molecule has 0 saturated carbocycles. The second-order valence-electron chi connectivity index (χ2n) is 7.93. The van der Waals surface area contributed by atoms with Crippen molar-refractivity contribution in [2.45, 2.75) is 25.8 Å². The number of hydrogen-bond donors (Lipinski definition) is 1. The number of hydrogen-bond acceptors (Lipinski definition) is 6. The van der Waals surface area contributed by atoms with E-state index in [4.69, 9.17) is 18.9 Å². The maximum absolute atomic E-state index is 13.0. The summed E-state index contributed by atoms with van der Waals surface area (Å²) in [4.78, 5) is 27.2. The molecule has 8 heteroatoms. The van der Waals surface area contributed by atoms with E-state index in [0.717, 1.165) is 17.7 Å². The number of rotatable bonds is 6. The van der Waals surface area contributed by atoms with Crippen LogP contribution in [0.4, 0.5) is 5.69 Å². The minimum Gasteiger partial charge on any atom is -0.497 e. The van der Waals surface area contributed by atoms with E-state index in [-0.39, 0.29) is 24.3 Å². The smallest absolute Gasteiger partial charge is 0.227 e. The quantitative estimate of drug-likeness (QED) is 0.743. The van der Waals surface area contributed by atoms with Crippen LogP contribution in [0.3, 0.4) is 0 Å². The van der Waals surface area contributed by atoms with Gasteiger partial charge in [-0.25, -0.2) is 0 Å². The Balaban J connectivity index is 1.43. The number of carbonyl (C=O) groups excluding carboxylic acids is 2.